The zero-order valence-electron chi connectivity index (χ0n) is 10.5. The third kappa shape index (κ3) is 3.60. The average Bonchev–Trinajstić information content (AvgIpc) is 2.31. The van der Waals surface area contributed by atoms with Gasteiger partial charge >= 0.3 is 0 Å². The summed E-state index contributed by atoms with van der Waals surface area (Å²) in [7, 11) is 1.56. The van der Waals surface area contributed by atoms with Crippen molar-refractivity contribution >= 4 is 28.9 Å². The average molecular weight is 267 g/mol. The smallest absolute Gasteiger partial charge is 0.260 e. The lowest BCUT2D eigenvalue weighted by Crippen LogP contribution is -2.20. The van der Waals surface area contributed by atoms with Crippen LogP contribution < -0.4 is 5.32 Å². The number of carbonyl (C=O) groups is 1. The SMILES string of the molecule is CN=C(C)/C(C(=O)Nc1ccc(Cl)cc1)=C(\C)O. The number of carbonyl (C=O) groups excluding carboxylic acids is 1. The Morgan fingerprint density at radius 2 is 1.83 bits per heavy atom. The molecule has 0 saturated carbocycles. The first kappa shape index (κ1) is 14.3. The van der Waals surface area contributed by atoms with Gasteiger partial charge < -0.3 is 10.4 Å². The number of aliphatic hydroxyl groups is 1. The van der Waals surface area contributed by atoms with Crippen LogP contribution in [0.3, 0.4) is 0 Å². The maximum absolute atomic E-state index is 12.0. The van der Waals surface area contributed by atoms with E-state index in [4.69, 9.17) is 11.6 Å². The molecule has 0 saturated heterocycles. The van der Waals surface area contributed by atoms with Gasteiger partial charge in [-0.15, -0.1) is 0 Å². The van der Waals surface area contributed by atoms with Crippen LogP contribution in [0.25, 0.3) is 0 Å². The molecule has 0 radical (unpaired) electrons. The van der Waals surface area contributed by atoms with Crippen molar-refractivity contribution in [1.29, 1.82) is 0 Å². The van der Waals surface area contributed by atoms with E-state index in [0.717, 1.165) is 0 Å². The molecular formula is C13H15ClN2O2. The highest BCUT2D eigenvalue weighted by Gasteiger charge is 2.16. The van der Waals surface area contributed by atoms with Crippen molar-refractivity contribution in [3.8, 4) is 0 Å². The van der Waals surface area contributed by atoms with Crippen LogP contribution in [0.4, 0.5) is 5.69 Å². The molecule has 0 bridgehead atoms. The Morgan fingerprint density at radius 3 is 2.28 bits per heavy atom. The largest absolute Gasteiger partial charge is 0.512 e. The molecular weight excluding hydrogens is 252 g/mol. The van der Waals surface area contributed by atoms with Crippen molar-refractivity contribution in [1.82, 2.24) is 0 Å². The monoisotopic (exact) mass is 266 g/mol. The van der Waals surface area contributed by atoms with Crippen molar-refractivity contribution < 1.29 is 9.90 Å². The van der Waals surface area contributed by atoms with Crippen LogP contribution in [0, 0.1) is 0 Å². The topological polar surface area (TPSA) is 61.7 Å². The Balaban J connectivity index is 2.94. The Kier molecular flexibility index (Phi) is 4.92. The fourth-order valence-corrected chi connectivity index (χ4v) is 1.56. The fourth-order valence-electron chi connectivity index (χ4n) is 1.43. The van der Waals surface area contributed by atoms with Crippen molar-refractivity contribution in [3.05, 3.63) is 40.6 Å². The third-order valence-electron chi connectivity index (χ3n) is 2.39. The number of nitrogens with one attached hydrogen (secondary N) is 1. The van der Waals surface area contributed by atoms with Gasteiger partial charge in [0.15, 0.2) is 0 Å². The highest BCUT2D eigenvalue weighted by Crippen LogP contribution is 2.15. The summed E-state index contributed by atoms with van der Waals surface area (Å²) in [5, 5.41) is 12.8. The van der Waals surface area contributed by atoms with Crippen molar-refractivity contribution in [3.63, 3.8) is 0 Å². The molecule has 2 N–H and O–H groups in total. The number of aliphatic imine (C=N–C) groups is 1. The van der Waals surface area contributed by atoms with Gasteiger partial charge in [0, 0.05) is 23.5 Å². The maximum Gasteiger partial charge on any atom is 0.260 e. The Labute approximate surface area is 111 Å². The molecule has 0 unspecified atom stereocenters. The van der Waals surface area contributed by atoms with Crippen LogP contribution in [0.2, 0.25) is 5.02 Å². The van der Waals surface area contributed by atoms with Gasteiger partial charge in [-0.2, -0.15) is 0 Å². The van der Waals surface area contributed by atoms with Crippen molar-refractivity contribution in [2.24, 2.45) is 4.99 Å². The number of hydrogen-bond donors (Lipinski definition) is 2. The van der Waals surface area contributed by atoms with E-state index in [1.165, 1.54) is 6.92 Å². The van der Waals surface area contributed by atoms with Gasteiger partial charge in [-0.1, -0.05) is 11.6 Å². The molecule has 96 valence electrons. The van der Waals surface area contributed by atoms with E-state index < -0.39 is 5.91 Å². The third-order valence-corrected chi connectivity index (χ3v) is 2.64. The minimum absolute atomic E-state index is 0.0652. The van der Waals surface area contributed by atoms with Crippen LogP contribution in [0.15, 0.2) is 40.6 Å². The van der Waals surface area contributed by atoms with Crippen LogP contribution in [-0.4, -0.2) is 23.8 Å². The Hall–Kier alpha value is -1.81. The minimum atomic E-state index is -0.402. The van der Waals surface area contributed by atoms with E-state index in [1.807, 2.05) is 0 Å². The fraction of sp³-hybridized carbons (Fsp3) is 0.231. The molecule has 0 aliphatic rings. The molecule has 0 aromatic heterocycles. The number of anilines is 1. The van der Waals surface area contributed by atoms with E-state index in [0.29, 0.717) is 16.4 Å². The normalized spacial score (nSPS) is 13.0. The standard InChI is InChI=1S/C13H15ClN2O2/c1-8(15-3)12(9(2)17)13(18)16-11-6-4-10(14)5-7-11/h4-7,17H,1-3H3,(H,16,18)/b12-9-,15-8?. The number of hydrogen-bond acceptors (Lipinski definition) is 3. The summed E-state index contributed by atoms with van der Waals surface area (Å²) in [5.41, 5.74) is 1.25. The highest BCUT2D eigenvalue weighted by atomic mass is 35.5. The summed E-state index contributed by atoms with van der Waals surface area (Å²) in [6, 6.07) is 6.71. The zero-order chi connectivity index (χ0) is 13.7. The van der Waals surface area contributed by atoms with Gasteiger partial charge in [0.2, 0.25) is 0 Å². The summed E-state index contributed by atoms with van der Waals surface area (Å²) >= 11 is 5.75. The first-order valence-electron chi connectivity index (χ1n) is 5.36. The van der Waals surface area contributed by atoms with Crippen LogP contribution in [0.5, 0.6) is 0 Å². The molecule has 0 atom stereocenters. The van der Waals surface area contributed by atoms with Gasteiger partial charge in [0.05, 0.1) is 5.57 Å². The summed E-state index contributed by atoms with van der Waals surface area (Å²) in [5.74, 6) is -0.468. The summed E-state index contributed by atoms with van der Waals surface area (Å²) in [4.78, 5) is 15.9. The molecule has 0 aliphatic carbocycles. The van der Waals surface area contributed by atoms with E-state index in [-0.39, 0.29) is 11.3 Å². The number of halogens is 1. The molecule has 0 heterocycles. The predicted octanol–water partition coefficient (Wildman–Crippen LogP) is 3.20. The molecule has 0 aliphatic heterocycles. The van der Waals surface area contributed by atoms with E-state index in [1.54, 1.807) is 38.2 Å². The number of rotatable bonds is 3. The predicted molar refractivity (Wildman–Crippen MR) is 74.4 cm³/mol. The van der Waals surface area contributed by atoms with Gasteiger partial charge in [0.25, 0.3) is 5.91 Å². The lowest BCUT2D eigenvalue weighted by molar-refractivity contribution is -0.112. The summed E-state index contributed by atoms with van der Waals surface area (Å²) in [6.07, 6.45) is 0. The van der Waals surface area contributed by atoms with Crippen molar-refractivity contribution in [2.75, 3.05) is 12.4 Å². The number of aliphatic hydroxyl groups excluding tert-OH is 1. The first-order chi connectivity index (χ1) is 8.45. The molecule has 1 amide bonds. The van der Waals surface area contributed by atoms with Gasteiger partial charge in [0.1, 0.15) is 5.76 Å². The molecule has 0 fully saturated rings. The van der Waals surface area contributed by atoms with Gasteiger partial charge in [-0.05, 0) is 38.1 Å². The molecule has 1 aromatic carbocycles. The molecule has 1 aromatic rings. The lowest BCUT2D eigenvalue weighted by Gasteiger charge is -2.09. The quantitative estimate of drug-likeness (QED) is 0.501. The Morgan fingerprint density at radius 1 is 1.28 bits per heavy atom. The Bertz CT molecular complexity index is 500. The van der Waals surface area contributed by atoms with Crippen LogP contribution in [-0.2, 0) is 4.79 Å². The second-order valence-electron chi connectivity index (χ2n) is 3.73. The summed E-state index contributed by atoms with van der Waals surface area (Å²) in [6.45, 7) is 3.11. The van der Waals surface area contributed by atoms with Crippen LogP contribution in [0.1, 0.15) is 13.8 Å². The van der Waals surface area contributed by atoms with Crippen LogP contribution >= 0.6 is 11.6 Å². The number of allylic oxidation sites excluding steroid dienone is 1. The first-order valence-corrected chi connectivity index (χ1v) is 5.74. The van der Waals surface area contributed by atoms with E-state index in [2.05, 4.69) is 10.3 Å². The van der Waals surface area contributed by atoms with E-state index in [9.17, 15) is 9.90 Å². The number of benzene rings is 1. The summed E-state index contributed by atoms with van der Waals surface area (Å²) < 4.78 is 0. The zero-order valence-corrected chi connectivity index (χ0v) is 11.2. The second-order valence-corrected chi connectivity index (χ2v) is 4.17. The maximum atomic E-state index is 12.0. The number of nitrogens with zero attached hydrogens (tertiary/aromatic N) is 1. The second kappa shape index (κ2) is 6.21. The molecule has 18 heavy (non-hydrogen) atoms. The molecule has 4 nitrogen and oxygen atoms in total. The van der Waals surface area contributed by atoms with Gasteiger partial charge in [-0.3, -0.25) is 9.79 Å². The van der Waals surface area contributed by atoms with E-state index >= 15 is 0 Å². The molecule has 1 rings (SSSR count). The molecule has 0 spiro atoms. The highest BCUT2D eigenvalue weighted by molar-refractivity contribution is 6.30. The minimum Gasteiger partial charge on any atom is -0.512 e. The lowest BCUT2D eigenvalue weighted by atomic mass is 10.1. The number of amides is 1. The van der Waals surface area contributed by atoms with Gasteiger partial charge in [-0.25, -0.2) is 0 Å². The molecule has 5 heteroatoms. The van der Waals surface area contributed by atoms with Crippen molar-refractivity contribution in [2.45, 2.75) is 13.8 Å².